The summed E-state index contributed by atoms with van der Waals surface area (Å²) in [7, 11) is 0. The molecule has 7 heteroatoms. The Hall–Kier alpha value is -3.45. The number of para-hydroxylation sites is 1. The number of hydrogen-bond donors (Lipinski definition) is 2. The molecule has 0 unspecified atom stereocenters. The van der Waals surface area contributed by atoms with Crippen molar-refractivity contribution in [3.05, 3.63) is 83.4 Å². The van der Waals surface area contributed by atoms with Crippen molar-refractivity contribution in [1.82, 2.24) is 14.9 Å². The molecule has 1 aliphatic rings. The van der Waals surface area contributed by atoms with Gasteiger partial charge in [0.15, 0.2) is 0 Å². The topological polar surface area (TPSA) is 85.2 Å². The summed E-state index contributed by atoms with van der Waals surface area (Å²) >= 11 is 0. The van der Waals surface area contributed by atoms with Crippen LogP contribution in [0.25, 0.3) is 0 Å². The fraction of sp³-hybridized carbons (Fsp3) is 0.292. The third-order valence-electron chi connectivity index (χ3n) is 5.43. The molecule has 31 heavy (non-hydrogen) atoms. The first-order valence-electron chi connectivity index (χ1n) is 10.5. The van der Waals surface area contributed by atoms with Gasteiger partial charge in [0.25, 0.3) is 11.8 Å². The summed E-state index contributed by atoms with van der Waals surface area (Å²) in [5.74, 6) is 0.457. The molecule has 160 valence electrons. The first-order chi connectivity index (χ1) is 15.1. The summed E-state index contributed by atoms with van der Waals surface area (Å²) in [4.78, 5) is 29.6. The number of hydrogen-bond acceptors (Lipinski definition) is 4. The summed E-state index contributed by atoms with van der Waals surface area (Å²) in [6.07, 6.45) is 5.74. The van der Waals surface area contributed by atoms with Crippen LogP contribution in [0.5, 0.6) is 0 Å². The Morgan fingerprint density at radius 1 is 1.13 bits per heavy atom. The number of anilines is 1. The Morgan fingerprint density at radius 3 is 2.65 bits per heavy atom. The van der Waals surface area contributed by atoms with E-state index >= 15 is 0 Å². The highest BCUT2D eigenvalue weighted by Crippen LogP contribution is 2.18. The van der Waals surface area contributed by atoms with Crippen LogP contribution in [0, 0.1) is 6.92 Å². The number of imidazole rings is 1. The second-order valence-corrected chi connectivity index (χ2v) is 7.64. The number of amides is 2. The molecule has 0 saturated carbocycles. The van der Waals surface area contributed by atoms with Crippen molar-refractivity contribution >= 4 is 17.5 Å². The lowest BCUT2D eigenvalue weighted by Gasteiger charge is -2.14. The fourth-order valence-electron chi connectivity index (χ4n) is 3.62. The van der Waals surface area contributed by atoms with Gasteiger partial charge in [0, 0.05) is 37.7 Å². The minimum Gasteiger partial charge on any atom is -0.376 e. The maximum Gasteiger partial charge on any atom is 0.255 e. The normalized spacial score (nSPS) is 15.6. The molecule has 2 amide bonds. The average molecular weight is 418 g/mol. The molecular formula is C24H26N4O3. The molecule has 2 heterocycles. The fourth-order valence-corrected chi connectivity index (χ4v) is 3.62. The zero-order valence-corrected chi connectivity index (χ0v) is 17.5. The van der Waals surface area contributed by atoms with Gasteiger partial charge in [0.2, 0.25) is 0 Å². The van der Waals surface area contributed by atoms with Crippen molar-refractivity contribution in [2.24, 2.45) is 0 Å². The Balaban J connectivity index is 1.40. The lowest BCUT2D eigenvalue weighted by molar-refractivity contribution is 0.0858. The Labute approximate surface area is 181 Å². The predicted molar refractivity (Wildman–Crippen MR) is 118 cm³/mol. The largest absolute Gasteiger partial charge is 0.376 e. The van der Waals surface area contributed by atoms with Crippen LogP contribution in [0.1, 0.15) is 44.9 Å². The SMILES string of the molecule is Cc1nccn1Cc1ccc(C(=O)Nc2ccccc2C(=O)NC[C@H]2CCCO2)cc1. The van der Waals surface area contributed by atoms with Gasteiger partial charge in [-0.1, -0.05) is 24.3 Å². The first kappa shape index (κ1) is 20.8. The smallest absolute Gasteiger partial charge is 0.255 e. The van der Waals surface area contributed by atoms with Crippen molar-refractivity contribution in [3.63, 3.8) is 0 Å². The molecule has 7 nitrogen and oxygen atoms in total. The van der Waals surface area contributed by atoms with Crippen molar-refractivity contribution < 1.29 is 14.3 Å². The van der Waals surface area contributed by atoms with Crippen LogP contribution in [0.2, 0.25) is 0 Å². The molecule has 1 aromatic heterocycles. The molecule has 0 spiro atoms. The van der Waals surface area contributed by atoms with Gasteiger partial charge < -0.3 is 19.9 Å². The molecule has 1 saturated heterocycles. The van der Waals surface area contributed by atoms with Gasteiger partial charge in [-0.05, 0) is 49.6 Å². The molecule has 2 N–H and O–H groups in total. The number of nitrogens with one attached hydrogen (secondary N) is 2. The van der Waals surface area contributed by atoms with E-state index in [0.29, 0.717) is 29.9 Å². The molecule has 3 aromatic rings. The van der Waals surface area contributed by atoms with Crippen LogP contribution in [-0.4, -0.2) is 40.6 Å². The van der Waals surface area contributed by atoms with E-state index in [2.05, 4.69) is 15.6 Å². The van der Waals surface area contributed by atoms with Gasteiger partial charge in [-0.2, -0.15) is 0 Å². The molecule has 2 aromatic carbocycles. The van der Waals surface area contributed by atoms with E-state index in [1.807, 2.05) is 29.8 Å². The Morgan fingerprint density at radius 2 is 1.94 bits per heavy atom. The number of benzene rings is 2. The molecular weight excluding hydrogens is 392 g/mol. The van der Waals surface area contributed by atoms with Gasteiger partial charge in [-0.3, -0.25) is 9.59 Å². The number of aromatic nitrogens is 2. The average Bonchev–Trinajstić information content (AvgIpc) is 3.45. The molecule has 1 fully saturated rings. The second kappa shape index (κ2) is 9.57. The van der Waals surface area contributed by atoms with E-state index in [4.69, 9.17) is 4.74 Å². The molecule has 0 radical (unpaired) electrons. The van der Waals surface area contributed by atoms with Crippen LogP contribution >= 0.6 is 0 Å². The standard InChI is InChI=1S/C24H26N4O3/c1-17-25-12-13-28(17)16-18-8-10-19(11-9-18)23(29)27-22-7-3-2-6-21(22)24(30)26-15-20-5-4-14-31-20/h2-3,6-13,20H,4-5,14-16H2,1H3,(H,26,30)(H,27,29)/t20-/m1/s1. The summed E-state index contributed by atoms with van der Waals surface area (Å²) in [6, 6.07) is 14.4. The number of rotatable bonds is 7. The summed E-state index contributed by atoms with van der Waals surface area (Å²) in [6.45, 7) is 3.87. The van der Waals surface area contributed by atoms with E-state index < -0.39 is 0 Å². The van der Waals surface area contributed by atoms with Gasteiger partial charge in [0.05, 0.1) is 17.4 Å². The maximum absolute atomic E-state index is 12.8. The number of aryl methyl sites for hydroxylation is 1. The predicted octanol–water partition coefficient (Wildman–Crippen LogP) is 3.40. The van der Waals surface area contributed by atoms with Gasteiger partial charge in [-0.15, -0.1) is 0 Å². The van der Waals surface area contributed by atoms with Gasteiger partial charge in [-0.25, -0.2) is 4.98 Å². The summed E-state index contributed by atoms with van der Waals surface area (Å²) < 4.78 is 7.59. The van der Waals surface area contributed by atoms with Crippen molar-refractivity contribution in [2.75, 3.05) is 18.5 Å². The highest BCUT2D eigenvalue weighted by molar-refractivity contribution is 6.09. The van der Waals surface area contributed by atoms with Crippen molar-refractivity contribution in [1.29, 1.82) is 0 Å². The molecule has 0 bridgehead atoms. The van der Waals surface area contributed by atoms with E-state index in [1.54, 1.807) is 42.6 Å². The number of nitrogens with zero attached hydrogens (tertiary/aromatic N) is 2. The van der Waals surface area contributed by atoms with E-state index in [9.17, 15) is 9.59 Å². The zero-order chi connectivity index (χ0) is 21.6. The number of carbonyl (C=O) groups is 2. The van der Waals surface area contributed by atoms with E-state index in [1.165, 1.54) is 0 Å². The first-order valence-corrected chi connectivity index (χ1v) is 10.5. The highest BCUT2D eigenvalue weighted by Gasteiger charge is 2.18. The summed E-state index contributed by atoms with van der Waals surface area (Å²) in [5, 5.41) is 5.77. The van der Waals surface area contributed by atoms with Crippen LogP contribution in [0.4, 0.5) is 5.69 Å². The molecule has 1 atom stereocenters. The van der Waals surface area contributed by atoms with Gasteiger partial charge >= 0.3 is 0 Å². The highest BCUT2D eigenvalue weighted by atomic mass is 16.5. The quantitative estimate of drug-likeness (QED) is 0.616. The zero-order valence-electron chi connectivity index (χ0n) is 17.5. The minimum atomic E-state index is -0.260. The molecule has 0 aliphatic carbocycles. The third-order valence-corrected chi connectivity index (χ3v) is 5.43. The van der Waals surface area contributed by atoms with Crippen molar-refractivity contribution in [2.45, 2.75) is 32.4 Å². The lowest BCUT2D eigenvalue weighted by Crippen LogP contribution is -2.32. The van der Waals surface area contributed by atoms with E-state index in [-0.39, 0.29) is 17.9 Å². The number of carbonyl (C=O) groups excluding carboxylic acids is 2. The van der Waals surface area contributed by atoms with E-state index in [0.717, 1.165) is 30.8 Å². The Bertz CT molecular complexity index is 1050. The third kappa shape index (κ3) is 5.19. The summed E-state index contributed by atoms with van der Waals surface area (Å²) in [5.41, 5.74) is 2.52. The van der Waals surface area contributed by atoms with Crippen LogP contribution in [0.15, 0.2) is 60.9 Å². The van der Waals surface area contributed by atoms with Crippen LogP contribution < -0.4 is 10.6 Å². The second-order valence-electron chi connectivity index (χ2n) is 7.64. The van der Waals surface area contributed by atoms with Crippen LogP contribution in [-0.2, 0) is 11.3 Å². The lowest BCUT2D eigenvalue weighted by atomic mass is 10.1. The van der Waals surface area contributed by atoms with Gasteiger partial charge in [0.1, 0.15) is 5.82 Å². The minimum absolute atomic E-state index is 0.0651. The van der Waals surface area contributed by atoms with Crippen molar-refractivity contribution in [3.8, 4) is 0 Å². The number of ether oxygens (including phenoxy) is 1. The van der Waals surface area contributed by atoms with Crippen LogP contribution in [0.3, 0.4) is 0 Å². The molecule has 4 rings (SSSR count). The monoisotopic (exact) mass is 418 g/mol. The maximum atomic E-state index is 12.8. The Kier molecular flexibility index (Phi) is 6.43. The molecule has 1 aliphatic heterocycles.